The third kappa shape index (κ3) is 4.96. The number of esters is 1. The summed E-state index contributed by atoms with van der Waals surface area (Å²) in [6.07, 6.45) is 2.52. The van der Waals surface area contributed by atoms with Crippen molar-refractivity contribution in [3.05, 3.63) is 35.9 Å². The molecule has 0 aliphatic rings. The SMILES string of the molecule is CCCOC(=O)CN=Cc1ccccc1. The fourth-order valence-electron chi connectivity index (χ4n) is 1.03. The standard InChI is InChI=1S/C12H15NO2/c1-2-8-15-12(14)10-13-9-11-6-4-3-5-7-11/h3-7,9H,2,8,10H2,1H3. The minimum Gasteiger partial charge on any atom is -0.464 e. The van der Waals surface area contributed by atoms with Gasteiger partial charge in [0.2, 0.25) is 0 Å². The van der Waals surface area contributed by atoms with Crippen molar-refractivity contribution in [3.63, 3.8) is 0 Å². The lowest BCUT2D eigenvalue weighted by atomic mass is 10.2. The van der Waals surface area contributed by atoms with Gasteiger partial charge in [0, 0.05) is 6.21 Å². The van der Waals surface area contributed by atoms with Gasteiger partial charge in [-0.2, -0.15) is 0 Å². The Labute approximate surface area is 89.8 Å². The fraction of sp³-hybridized carbons (Fsp3) is 0.333. The Kier molecular flexibility index (Phi) is 5.15. The first-order valence-corrected chi connectivity index (χ1v) is 5.03. The molecule has 0 unspecified atom stereocenters. The minimum atomic E-state index is -0.274. The average molecular weight is 205 g/mol. The normalized spacial score (nSPS) is 10.5. The van der Waals surface area contributed by atoms with Gasteiger partial charge in [0.05, 0.1) is 6.61 Å². The van der Waals surface area contributed by atoms with E-state index in [0.29, 0.717) is 6.61 Å². The molecule has 15 heavy (non-hydrogen) atoms. The minimum absolute atomic E-state index is 0.0922. The van der Waals surface area contributed by atoms with Crippen molar-refractivity contribution in [2.45, 2.75) is 13.3 Å². The highest BCUT2D eigenvalue weighted by Crippen LogP contribution is 1.94. The molecule has 0 aliphatic carbocycles. The first kappa shape index (κ1) is 11.4. The van der Waals surface area contributed by atoms with E-state index in [1.165, 1.54) is 0 Å². The summed E-state index contributed by atoms with van der Waals surface area (Å²) in [7, 11) is 0. The molecule has 0 aromatic heterocycles. The van der Waals surface area contributed by atoms with E-state index >= 15 is 0 Å². The van der Waals surface area contributed by atoms with Gasteiger partial charge in [-0.3, -0.25) is 9.79 Å². The average Bonchev–Trinajstić information content (AvgIpc) is 2.28. The van der Waals surface area contributed by atoms with E-state index in [-0.39, 0.29) is 12.5 Å². The maximum atomic E-state index is 11.1. The summed E-state index contributed by atoms with van der Waals surface area (Å²) in [5.74, 6) is -0.274. The summed E-state index contributed by atoms with van der Waals surface area (Å²) in [4.78, 5) is 15.1. The van der Waals surface area contributed by atoms with Crippen molar-refractivity contribution in [2.24, 2.45) is 4.99 Å². The fourth-order valence-corrected chi connectivity index (χ4v) is 1.03. The van der Waals surface area contributed by atoms with Crippen LogP contribution in [-0.4, -0.2) is 25.3 Å². The van der Waals surface area contributed by atoms with Crippen LogP contribution in [-0.2, 0) is 9.53 Å². The lowest BCUT2D eigenvalue weighted by molar-refractivity contribution is -0.141. The lowest BCUT2D eigenvalue weighted by Crippen LogP contribution is -2.08. The Bertz CT molecular complexity index is 320. The molecule has 0 fully saturated rings. The monoisotopic (exact) mass is 205 g/mol. The Balaban J connectivity index is 2.31. The molecule has 0 N–H and O–H groups in total. The molecule has 1 aromatic rings. The first-order valence-electron chi connectivity index (χ1n) is 5.03. The Morgan fingerprint density at radius 2 is 2.13 bits per heavy atom. The second-order valence-electron chi connectivity index (χ2n) is 3.10. The highest BCUT2D eigenvalue weighted by molar-refractivity contribution is 5.82. The van der Waals surface area contributed by atoms with E-state index in [1.807, 2.05) is 37.3 Å². The highest BCUT2D eigenvalue weighted by atomic mass is 16.5. The van der Waals surface area contributed by atoms with Crippen molar-refractivity contribution in [3.8, 4) is 0 Å². The highest BCUT2D eigenvalue weighted by Gasteiger charge is 1.97. The molecule has 3 heteroatoms. The lowest BCUT2D eigenvalue weighted by Gasteiger charge is -1.98. The van der Waals surface area contributed by atoms with Crippen molar-refractivity contribution in [1.82, 2.24) is 0 Å². The predicted octanol–water partition coefficient (Wildman–Crippen LogP) is 2.06. The van der Waals surface area contributed by atoms with E-state index in [2.05, 4.69) is 4.99 Å². The van der Waals surface area contributed by atoms with Crippen LogP contribution in [0.5, 0.6) is 0 Å². The third-order valence-corrected chi connectivity index (χ3v) is 1.73. The number of aliphatic imine (C=N–C) groups is 1. The largest absolute Gasteiger partial charge is 0.464 e. The maximum absolute atomic E-state index is 11.1. The van der Waals surface area contributed by atoms with Crippen LogP contribution in [0.1, 0.15) is 18.9 Å². The van der Waals surface area contributed by atoms with E-state index in [1.54, 1.807) is 6.21 Å². The van der Waals surface area contributed by atoms with Crippen molar-refractivity contribution in [2.75, 3.05) is 13.2 Å². The summed E-state index contributed by atoms with van der Waals surface area (Å²) < 4.78 is 4.88. The Morgan fingerprint density at radius 1 is 1.40 bits per heavy atom. The van der Waals surface area contributed by atoms with Gasteiger partial charge in [-0.25, -0.2) is 0 Å². The molecule has 0 amide bonds. The smallest absolute Gasteiger partial charge is 0.327 e. The summed E-state index contributed by atoms with van der Waals surface area (Å²) in [5.41, 5.74) is 0.987. The maximum Gasteiger partial charge on any atom is 0.327 e. The number of benzene rings is 1. The van der Waals surface area contributed by atoms with Crippen LogP contribution in [0, 0.1) is 0 Å². The molecule has 0 radical (unpaired) electrons. The Morgan fingerprint density at radius 3 is 2.80 bits per heavy atom. The van der Waals surface area contributed by atoms with Gasteiger partial charge < -0.3 is 4.74 Å². The van der Waals surface area contributed by atoms with Gasteiger partial charge in [-0.05, 0) is 12.0 Å². The van der Waals surface area contributed by atoms with Gasteiger partial charge in [0.1, 0.15) is 6.54 Å². The van der Waals surface area contributed by atoms with E-state index < -0.39 is 0 Å². The van der Waals surface area contributed by atoms with Gasteiger partial charge in [0.15, 0.2) is 0 Å². The molecule has 80 valence electrons. The summed E-state index contributed by atoms with van der Waals surface area (Å²) in [6.45, 7) is 2.52. The molecule has 1 aromatic carbocycles. The molecule has 0 saturated heterocycles. The number of carbonyl (C=O) groups is 1. The van der Waals surface area contributed by atoms with Crippen LogP contribution in [0.3, 0.4) is 0 Å². The van der Waals surface area contributed by atoms with Gasteiger partial charge in [0.25, 0.3) is 0 Å². The number of rotatable bonds is 5. The Hall–Kier alpha value is -1.64. The van der Waals surface area contributed by atoms with Crippen LogP contribution in [0.25, 0.3) is 0 Å². The number of ether oxygens (including phenoxy) is 1. The second-order valence-corrected chi connectivity index (χ2v) is 3.10. The summed E-state index contributed by atoms with van der Waals surface area (Å²) >= 11 is 0. The van der Waals surface area contributed by atoms with Crippen molar-refractivity contribution in [1.29, 1.82) is 0 Å². The zero-order valence-corrected chi connectivity index (χ0v) is 8.85. The number of hydrogen-bond donors (Lipinski definition) is 0. The van der Waals surface area contributed by atoms with Gasteiger partial charge in [-0.1, -0.05) is 37.3 Å². The van der Waals surface area contributed by atoms with E-state index in [9.17, 15) is 4.79 Å². The topological polar surface area (TPSA) is 38.7 Å². The van der Waals surface area contributed by atoms with Crippen molar-refractivity contribution >= 4 is 12.2 Å². The second kappa shape index (κ2) is 6.76. The molecule has 0 atom stereocenters. The molecule has 0 spiro atoms. The van der Waals surface area contributed by atoms with E-state index in [4.69, 9.17) is 4.74 Å². The summed E-state index contributed by atoms with van der Waals surface area (Å²) in [6, 6.07) is 9.65. The molecule has 0 heterocycles. The van der Waals surface area contributed by atoms with Crippen LogP contribution in [0.15, 0.2) is 35.3 Å². The van der Waals surface area contributed by atoms with Crippen LogP contribution >= 0.6 is 0 Å². The first-order chi connectivity index (χ1) is 7.33. The van der Waals surface area contributed by atoms with Crippen LogP contribution in [0.4, 0.5) is 0 Å². The summed E-state index contributed by atoms with van der Waals surface area (Å²) in [5, 5.41) is 0. The van der Waals surface area contributed by atoms with E-state index in [0.717, 1.165) is 12.0 Å². The molecular weight excluding hydrogens is 190 g/mol. The molecule has 1 rings (SSSR count). The molecule has 0 aliphatic heterocycles. The predicted molar refractivity (Wildman–Crippen MR) is 60.2 cm³/mol. The molecule has 0 saturated carbocycles. The van der Waals surface area contributed by atoms with Crippen molar-refractivity contribution < 1.29 is 9.53 Å². The molecule has 0 bridgehead atoms. The third-order valence-electron chi connectivity index (χ3n) is 1.73. The zero-order valence-electron chi connectivity index (χ0n) is 8.85. The number of carbonyl (C=O) groups excluding carboxylic acids is 1. The molecular formula is C12H15NO2. The van der Waals surface area contributed by atoms with Gasteiger partial charge in [-0.15, -0.1) is 0 Å². The quantitative estimate of drug-likeness (QED) is 0.545. The molecule has 3 nitrogen and oxygen atoms in total. The van der Waals surface area contributed by atoms with Gasteiger partial charge >= 0.3 is 5.97 Å². The number of nitrogens with zero attached hydrogens (tertiary/aromatic N) is 1. The zero-order chi connectivity index (χ0) is 10.9. The van der Waals surface area contributed by atoms with Crippen LogP contribution < -0.4 is 0 Å². The van der Waals surface area contributed by atoms with Crippen LogP contribution in [0.2, 0.25) is 0 Å². The number of hydrogen-bond acceptors (Lipinski definition) is 3.